The molecule has 0 bridgehead atoms. The van der Waals surface area contributed by atoms with Gasteiger partial charge in [-0.25, -0.2) is 0 Å². The van der Waals surface area contributed by atoms with Gasteiger partial charge in [0, 0.05) is 17.3 Å². The number of aryl methyl sites for hydroxylation is 1. The summed E-state index contributed by atoms with van der Waals surface area (Å²) in [6.45, 7) is 4.17. The van der Waals surface area contributed by atoms with Crippen LogP contribution in [0.3, 0.4) is 0 Å². The maximum atomic E-state index is 13.1. The van der Waals surface area contributed by atoms with Crippen LogP contribution in [0.2, 0.25) is 0 Å². The first-order valence-corrected chi connectivity index (χ1v) is 12.6. The van der Waals surface area contributed by atoms with E-state index in [9.17, 15) is 9.59 Å². The zero-order valence-electron chi connectivity index (χ0n) is 18.0. The first-order valence-electron chi connectivity index (χ1n) is 10.8. The minimum atomic E-state index is -0.246. The number of aromatic nitrogens is 2. The second-order valence-corrected chi connectivity index (χ2v) is 10.5. The molecule has 1 aliphatic heterocycles. The number of anilines is 2. The lowest BCUT2D eigenvalue weighted by atomic mass is 9.90. The predicted octanol–water partition coefficient (Wildman–Crippen LogP) is 4.78. The number of carbonyl (C=O) groups is 2. The highest BCUT2D eigenvalue weighted by Gasteiger charge is 2.30. The van der Waals surface area contributed by atoms with Gasteiger partial charge in [0.2, 0.25) is 11.8 Å². The van der Waals surface area contributed by atoms with Crippen LogP contribution in [0.4, 0.5) is 11.4 Å². The van der Waals surface area contributed by atoms with Gasteiger partial charge in [0.1, 0.15) is 0 Å². The fourth-order valence-electron chi connectivity index (χ4n) is 4.34. The minimum Gasteiger partial charge on any atom is -0.410 e. The molecule has 166 valence electrons. The molecular weight excluding hydrogens is 444 g/mol. The van der Waals surface area contributed by atoms with Gasteiger partial charge < -0.3 is 14.6 Å². The molecule has 5 rings (SSSR count). The predicted molar refractivity (Wildman–Crippen MR) is 126 cm³/mol. The lowest BCUT2D eigenvalue weighted by Gasteiger charge is -2.27. The Balaban J connectivity index is 1.29. The lowest BCUT2D eigenvalue weighted by molar-refractivity contribution is -0.117. The summed E-state index contributed by atoms with van der Waals surface area (Å²) < 4.78 is 5.86. The van der Waals surface area contributed by atoms with Crippen molar-refractivity contribution < 1.29 is 14.0 Å². The molecule has 0 spiro atoms. The summed E-state index contributed by atoms with van der Waals surface area (Å²) in [5, 5.41) is 11.6. The second-order valence-electron chi connectivity index (χ2n) is 8.45. The van der Waals surface area contributed by atoms with Crippen molar-refractivity contribution in [2.24, 2.45) is 5.92 Å². The fraction of sp³-hybridized carbons (Fsp3) is 0.391. The number of carbonyl (C=O) groups excluding carboxylic acids is 2. The molecule has 3 heterocycles. The number of hydrogen-bond acceptors (Lipinski definition) is 7. The SMILES string of the molecule is C[C@H]1CCc2sc(-c3nnc(SCC(=O)N4c5ccccc5NC(=O)C[C@@H]4C)o3)cc2C1. The molecule has 1 N–H and O–H groups in total. The summed E-state index contributed by atoms with van der Waals surface area (Å²) in [5.41, 5.74) is 2.75. The molecule has 1 aliphatic carbocycles. The van der Waals surface area contributed by atoms with E-state index in [1.807, 2.05) is 31.2 Å². The number of para-hydroxylation sites is 2. The van der Waals surface area contributed by atoms with Crippen LogP contribution in [0, 0.1) is 5.92 Å². The van der Waals surface area contributed by atoms with Crippen LogP contribution in [0.15, 0.2) is 40.0 Å². The van der Waals surface area contributed by atoms with Crippen LogP contribution >= 0.6 is 23.1 Å². The van der Waals surface area contributed by atoms with E-state index in [0.717, 1.165) is 17.7 Å². The first kappa shape index (κ1) is 21.2. The third-order valence-electron chi connectivity index (χ3n) is 5.89. The Hall–Kier alpha value is -2.65. The summed E-state index contributed by atoms with van der Waals surface area (Å²) >= 11 is 2.95. The molecule has 2 aromatic heterocycles. The van der Waals surface area contributed by atoms with Crippen LogP contribution in [0.5, 0.6) is 0 Å². The number of thioether (sulfide) groups is 1. The Labute approximate surface area is 194 Å². The number of fused-ring (bicyclic) bond motifs is 2. The molecule has 2 aliphatic rings. The van der Waals surface area contributed by atoms with Gasteiger partial charge in [0.05, 0.1) is 22.0 Å². The van der Waals surface area contributed by atoms with E-state index >= 15 is 0 Å². The molecule has 1 aromatic carbocycles. The highest BCUT2D eigenvalue weighted by molar-refractivity contribution is 7.99. The summed E-state index contributed by atoms with van der Waals surface area (Å²) in [4.78, 5) is 29.4. The van der Waals surface area contributed by atoms with Gasteiger partial charge in [-0.15, -0.1) is 21.5 Å². The molecule has 0 saturated carbocycles. The zero-order valence-corrected chi connectivity index (χ0v) is 19.6. The number of hydrogen-bond donors (Lipinski definition) is 1. The Morgan fingerprint density at radius 3 is 3.00 bits per heavy atom. The smallest absolute Gasteiger partial charge is 0.277 e. The molecule has 9 heteroatoms. The van der Waals surface area contributed by atoms with Crippen molar-refractivity contribution in [3.8, 4) is 10.8 Å². The summed E-state index contributed by atoms with van der Waals surface area (Å²) in [6.07, 6.45) is 3.68. The summed E-state index contributed by atoms with van der Waals surface area (Å²) in [5.74, 6) is 1.17. The molecule has 3 aromatic rings. The number of rotatable bonds is 4. The third-order valence-corrected chi connectivity index (χ3v) is 7.92. The van der Waals surface area contributed by atoms with Crippen molar-refractivity contribution in [1.82, 2.24) is 10.2 Å². The zero-order chi connectivity index (χ0) is 22.2. The lowest BCUT2D eigenvalue weighted by Crippen LogP contribution is -2.40. The maximum absolute atomic E-state index is 13.1. The van der Waals surface area contributed by atoms with E-state index in [4.69, 9.17) is 4.42 Å². The van der Waals surface area contributed by atoms with E-state index < -0.39 is 0 Å². The Morgan fingerprint density at radius 2 is 2.12 bits per heavy atom. The summed E-state index contributed by atoms with van der Waals surface area (Å²) in [6, 6.07) is 9.29. The Bertz CT molecular complexity index is 1170. The molecule has 0 unspecified atom stereocenters. The van der Waals surface area contributed by atoms with Crippen molar-refractivity contribution in [3.05, 3.63) is 40.8 Å². The number of amides is 2. The van der Waals surface area contributed by atoms with Crippen LogP contribution in [0.25, 0.3) is 10.8 Å². The second kappa shape index (κ2) is 8.71. The first-order chi connectivity index (χ1) is 15.5. The van der Waals surface area contributed by atoms with E-state index in [1.54, 1.807) is 16.2 Å². The van der Waals surface area contributed by atoms with Crippen molar-refractivity contribution >= 4 is 46.3 Å². The van der Waals surface area contributed by atoms with Gasteiger partial charge in [-0.05, 0) is 55.9 Å². The Morgan fingerprint density at radius 1 is 1.28 bits per heavy atom. The molecule has 7 nitrogen and oxygen atoms in total. The molecule has 2 amide bonds. The van der Waals surface area contributed by atoms with E-state index in [2.05, 4.69) is 28.5 Å². The van der Waals surface area contributed by atoms with Crippen molar-refractivity contribution in [3.63, 3.8) is 0 Å². The average molecular weight is 469 g/mol. The highest BCUT2D eigenvalue weighted by atomic mass is 32.2. The van der Waals surface area contributed by atoms with Crippen LogP contribution in [-0.4, -0.2) is 33.8 Å². The number of benzene rings is 1. The molecule has 0 radical (unpaired) electrons. The van der Waals surface area contributed by atoms with Gasteiger partial charge in [-0.3, -0.25) is 9.59 Å². The summed E-state index contributed by atoms with van der Waals surface area (Å²) in [7, 11) is 0. The van der Waals surface area contributed by atoms with E-state index in [0.29, 0.717) is 28.4 Å². The number of thiophene rings is 1. The van der Waals surface area contributed by atoms with Crippen LogP contribution < -0.4 is 10.2 Å². The average Bonchev–Trinajstić information content (AvgIpc) is 3.37. The fourth-order valence-corrected chi connectivity index (χ4v) is 6.09. The standard InChI is InChI=1S/C23H24N4O3S2/c1-13-7-8-18-15(9-13)11-19(32-18)22-25-26-23(30-22)31-12-21(29)27-14(2)10-20(28)24-16-5-3-4-6-17(16)27/h3-6,11,13-14H,7-10,12H2,1-2H3,(H,24,28)/t13-,14-/m0/s1. The van der Waals surface area contributed by atoms with Gasteiger partial charge in [0.15, 0.2) is 0 Å². The molecule has 0 saturated heterocycles. The monoisotopic (exact) mass is 468 g/mol. The van der Waals surface area contributed by atoms with E-state index in [1.165, 1.54) is 28.6 Å². The van der Waals surface area contributed by atoms with Gasteiger partial charge in [0.25, 0.3) is 11.1 Å². The topological polar surface area (TPSA) is 88.3 Å². The maximum Gasteiger partial charge on any atom is 0.277 e. The van der Waals surface area contributed by atoms with Gasteiger partial charge >= 0.3 is 0 Å². The number of nitrogens with zero attached hydrogens (tertiary/aromatic N) is 3. The third kappa shape index (κ3) is 4.19. The Kier molecular flexibility index (Phi) is 5.77. The van der Waals surface area contributed by atoms with Crippen LogP contribution in [-0.2, 0) is 22.4 Å². The quantitative estimate of drug-likeness (QED) is 0.555. The molecule has 0 fully saturated rings. The largest absolute Gasteiger partial charge is 0.410 e. The number of nitrogens with one attached hydrogen (secondary N) is 1. The molecule has 2 atom stereocenters. The highest BCUT2D eigenvalue weighted by Crippen LogP contribution is 2.37. The van der Waals surface area contributed by atoms with E-state index in [-0.39, 0.29) is 30.0 Å². The van der Waals surface area contributed by atoms with Gasteiger partial charge in [-0.1, -0.05) is 30.8 Å². The molecule has 32 heavy (non-hydrogen) atoms. The molecular formula is C23H24N4O3S2. The normalized spacial score (nSPS) is 20.3. The van der Waals surface area contributed by atoms with Gasteiger partial charge in [-0.2, -0.15) is 0 Å². The van der Waals surface area contributed by atoms with Crippen molar-refractivity contribution in [2.75, 3.05) is 16.0 Å². The van der Waals surface area contributed by atoms with Crippen molar-refractivity contribution in [2.45, 2.75) is 50.8 Å². The van der Waals surface area contributed by atoms with Crippen LogP contribution in [0.1, 0.15) is 37.1 Å². The minimum absolute atomic E-state index is 0.0949. The van der Waals surface area contributed by atoms with Crippen molar-refractivity contribution in [1.29, 1.82) is 0 Å².